The summed E-state index contributed by atoms with van der Waals surface area (Å²) >= 11 is 0. The molecule has 1 aromatic carbocycles. The van der Waals surface area contributed by atoms with E-state index in [9.17, 15) is 9.59 Å². The molecule has 0 aromatic heterocycles. The second-order valence-electron chi connectivity index (χ2n) is 6.43. The van der Waals surface area contributed by atoms with Gasteiger partial charge in [0.1, 0.15) is 5.54 Å². The maximum absolute atomic E-state index is 12.4. The van der Waals surface area contributed by atoms with Crippen molar-refractivity contribution in [2.24, 2.45) is 0 Å². The van der Waals surface area contributed by atoms with Crippen molar-refractivity contribution in [2.45, 2.75) is 45.6 Å². The number of benzene rings is 1. The van der Waals surface area contributed by atoms with Gasteiger partial charge in [0.15, 0.2) is 0 Å². The Bertz CT molecular complexity index is 543. The number of nitrogens with one attached hydrogen (secondary N) is 1. The maximum Gasteiger partial charge on any atom is 0.325 e. The van der Waals surface area contributed by atoms with Gasteiger partial charge in [0, 0.05) is 6.54 Å². The Morgan fingerprint density at radius 1 is 1.15 bits per heavy atom. The molecule has 0 aliphatic carbocycles. The largest absolute Gasteiger partial charge is 0.325 e. The molecule has 4 heteroatoms. The van der Waals surface area contributed by atoms with Gasteiger partial charge in [-0.3, -0.25) is 9.69 Å². The average Bonchev–Trinajstić information content (AvgIpc) is 2.60. The fourth-order valence-electron chi connectivity index (χ4n) is 2.48. The summed E-state index contributed by atoms with van der Waals surface area (Å²) in [4.78, 5) is 25.5. The molecule has 1 unspecified atom stereocenters. The van der Waals surface area contributed by atoms with Gasteiger partial charge < -0.3 is 5.32 Å². The number of amides is 3. The summed E-state index contributed by atoms with van der Waals surface area (Å²) in [6.07, 6.45) is 0. The number of carbonyl (C=O) groups excluding carboxylic acids is 2. The molecule has 3 amide bonds. The SMILES string of the molecule is CCN1C(=O)NC(C)(c2ccc(C(C)(C)C)cc2)C1=O. The van der Waals surface area contributed by atoms with E-state index in [2.05, 4.69) is 26.1 Å². The van der Waals surface area contributed by atoms with Crippen molar-refractivity contribution in [1.29, 1.82) is 0 Å². The average molecular weight is 274 g/mol. The van der Waals surface area contributed by atoms with E-state index >= 15 is 0 Å². The summed E-state index contributed by atoms with van der Waals surface area (Å²) in [6.45, 7) is 10.4. The molecule has 20 heavy (non-hydrogen) atoms. The third-order valence-corrected chi connectivity index (χ3v) is 3.92. The smallest absolute Gasteiger partial charge is 0.319 e. The van der Waals surface area contributed by atoms with E-state index in [0.717, 1.165) is 5.56 Å². The molecule has 1 heterocycles. The van der Waals surface area contributed by atoms with E-state index in [0.29, 0.717) is 6.54 Å². The molecule has 1 saturated heterocycles. The molecule has 0 saturated carbocycles. The summed E-state index contributed by atoms with van der Waals surface area (Å²) in [5.41, 5.74) is 1.13. The Balaban J connectivity index is 2.37. The topological polar surface area (TPSA) is 49.4 Å². The van der Waals surface area contributed by atoms with Crippen molar-refractivity contribution in [3.63, 3.8) is 0 Å². The first-order valence-corrected chi connectivity index (χ1v) is 6.95. The minimum absolute atomic E-state index is 0.0673. The maximum atomic E-state index is 12.4. The number of hydrogen-bond acceptors (Lipinski definition) is 2. The molecule has 108 valence electrons. The number of urea groups is 1. The Labute approximate surface area is 120 Å². The van der Waals surface area contributed by atoms with E-state index in [1.165, 1.54) is 10.5 Å². The van der Waals surface area contributed by atoms with Gasteiger partial charge >= 0.3 is 6.03 Å². The summed E-state index contributed by atoms with van der Waals surface area (Å²) in [7, 11) is 0. The molecule has 4 nitrogen and oxygen atoms in total. The number of nitrogens with zero attached hydrogens (tertiary/aromatic N) is 1. The fourth-order valence-corrected chi connectivity index (χ4v) is 2.48. The molecule has 0 radical (unpaired) electrons. The zero-order valence-electron chi connectivity index (χ0n) is 12.8. The van der Waals surface area contributed by atoms with Gasteiger partial charge in [0.25, 0.3) is 5.91 Å². The molecule has 1 aliphatic heterocycles. The second-order valence-corrected chi connectivity index (χ2v) is 6.43. The summed E-state index contributed by atoms with van der Waals surface area (Å²) in [5, 5.41) is 2.79. The lowest BCUT2D eigenvalue weighted by atomic mass is 9.84. The van der Waals surface area contributed by atoms with Crippen molar-refractivity contribution >= 4 is 11.9 Å². The van der Waals surface area contributed by atoms with Crippen molar-refractivity contribution < 1.29 is 9.59 Å². The third kappa shape index (κ3) is 2.19. The Morgan fingerprint density at radius 3 is 2.10 bits per heavy atom. The van der Waals surface area contributed by atoms with E-state index in [1.54, 1.807) is 13.8 Å². The van der Waals surface area contributed by atoms with E-state index in [1.807, 2.05) is 24.3 Å². The number of likely N-dealkylation sites (N-methyl/N-ethyl adjacent to an activating group) is 1. The van der Waals surface area contributed by atoms with Crippen molar-refractivity contribution in [3.8, 4) is 0 Å². The predicted molar refractivity (Wildman–Crippen MR) is 78.4 cm³/mol. The van der Waals surface area contributed by atoms with Gasteiger partial charge in [-0.2, -0.15) is 0 Å². The predicted octanol–water partition coefficient (Wildman–Crippen LogP) is 2.77. The van der Waals surface area contributed by atoms with Crippen LogP contribution in [-0.2, 0) is 15.7 Å². The first kappa shape index (κ1) is 14.6. The molecule has 2 rings (SSSR count). The number of imide groups is 1. The van der Waals surface area contributed by atoms with E-state index < -0.39 is 5.54 Å². The van der Waals surface area contributed by atoms with Crippen LogP contribution in [-0.4, -0.2) is 23.4 Å². The fraction of sp³-hybridized carbons (Fsp3) is 0.500. The van der Waals surface area contributed by atoms with Gasteiger partial charge in [-0.1, -0.05) is 45.0 Å². The highest BCUT2D eigenvalue weighted by atomic mass is 16.2. The van der Waals surface area contributed by atoms with Gasteiger partial charge in [0.05, 0.1) is 0 Å². The summed E-state index contributed by atoms with van der Waals surface area (Å²) < 4.78 is 0. The normalized spacial score (nSPS) is 23.1. The summed E-state index contributed by atoms with van der Waals surface area (Å²) in [5.74, 6) is -0.187. The molecule has 1 atom stereocenters. The molecule has 0 spiro atoms. The molecular formula is C16H22N2O2. The van der Waals surface area contributed by atoms with Crippen molar-refractivity contribution in [3.05, 3.63) is 35.4 Å². The minimum atomic E-state index is -0.955. The molecular weight excluding hydrogens is 252 g/mol. The lowest BCUT2D eigenvalue weighted by Crippen LogP contribution is -2.40. The molecule has 1 N–H and O–H groups in total. The first-order chi connectivity index (χ1) is 9.20. The van der Waals surface area contributed by atoms with Crippen molar-refractivity contribution in [2.75, 3.05) is 6.54 Å². The Morgan fingerprint density at radius 2 is 1.70 bits per heavy atom. The zero-order chi connectivity index (χ0) is 15.1. The van der Waals surface area contributed by atoms with Crippen LogP contribution in [0.4, 0.5) is 4.79 Å². The van der Waals surface area contributed by atoms with Gasteiger partial charge in [-0.25, -0.2) is 4.79 Å². The number of hydrogen-bond donors (Lipinski definition) is 1. The van der Waals surface area contributed by atoms with Crippen LogP contribution in [0.2, 0.25) is 0 Å². The van der Waals surface area contributed by atoms with E-state index in [-0.39, 0.29) is 17.4 Å². The quantitative estimate of drug-likeness (QED) is 0.843. The highest BCUT2D eigenvalue weighted by Gasteiger charge is 2.48. The lowest BCUT2D eigenvalue weighted by Gasteiger charge is -2.24. The number of rotatable bonds is 2. The van der Waals surface area contributed by atoms with Crippen LogP contribution in [0.15, 0.2) is 24.3 Å². The monoisotopic (exact) mass is 274 g/mol. The van der Waals surface area contributed by atoms with Crippen LogP contribution < -0.4 is 5.32 Å². The van der Waals surface area contributed by atoms with Gasteiger partial charge in [-0.05, 0) is 30.4 Å². The molecule has 1 fully saturated rings. The second kappa shape index (κ2) is 4.62. The first-order valence-electron chi connectivity index (χ1n) is 6.95. The van der Waals surface area contributed by atoms with Gasteiger partial charge in [-0.15, -0.1) is 0 Å². The van der Waals surface area contributed by atoms with E-state index in [4.69, 9.17) is 0 Å². The standard InChI is InChI=1S/C16H22N2O2/c1-6-18-13(19)16(5,17-14(18)20)12-9-7-11(8-10-12)15(2,3)4/h7-10H,6H2,1-5H3,(H,17,20). The van der Waals surface area contributed by atoms with Crippen molar-refractivity contribution in [1.82, 2.24) is 10.2 Å². The molecule has 1 aliphatic rings. The van der Waals surface area contributed by atoms with Crippen LogP contribution >= 0.6 is 0 Å². The Kier molecular flexibility index (Phi) is 3.36. The van der Waals surface area contributed by atoms with Crippen LogP contribution in [0, 0.1) is 0 Å². The minimum Gasteiger partial charge on any atom is -0.319 e. The van der Waals surface area contributed by atoms with Gasteiger partial charge in [0.2, 0.25) is 0 Å². The third-order valence-electron chi connectivity index (χ3n) is 3.92. The molecule has 1 aromatic rings. The molecule has 0 bridgehead atoms. The van der Waals surface area contributed by atoms with Crippen LogP contribution in [0.3, 0.4) is 0 Å². The van der Waals surface area contributed by atoms with Crippen LogP contribution in [0.5, 0.6) is 0 Å². The summed E-state index contributed by atoms with van der Waals surface area (Å²) in [6, 6.07) is 7.58. The lowest BCUT2D eigenvalue weighted by molar-refractivity contribution is -0.130. The highest BCUT2D eigenvalue weighted by molar-refractivity contribution is 6.07. The number of carbonyl (C=O) groups is 2. The van der Waals surface area contributed by atoms with Crippen LogP contribution in [0.25, 0.3) is 0 Å². The highest BCUT2D eigenvalue weighted by Crippen LogP contribution is 2.30. The van der Waals surface area contributed by atoms with Crippen LogP contribution in [0.1, 0.15) is 45.7 Å². The zero-order valence-corrected chi connectivity index (χ0v) is 12.8. The Hall–Kier alpha value is -1.84.